The van der Waals surface area contributed by atoms with Crippen LogP contribution in [0, 0.1) is 13.8 Å². The number of aromatic nitrogens is 3. The normalized spacial score (nSPS) is 12.7. The monoisotopic (exact) mass is 328 g/mol. The van der Waals surface area contributed by atoms with E-state index in [1.807, 2.05) is 18.2 Å². The van der Waals surface area contributed by atoms with Crippen molar-refractivity contribution < 1.29 is 4.52 Å². The highest BCUT2D eigenvalue weighted by Crippen LogP contribution is 2.34. The summed E-state index contributed by atoms with van der Waals surface area (Å²) < 4.78 is 5.04. The molecule has 1 atom stereocenters. The van der Waals surface area contributed by atoms with Crippen LogP contribution in [-0.2, 0) is 6.54 Å². The maximum atomic E-state index is 5.04. The molecule has 0 N–H and O–H groups in total. The summed E-state index contributed by atoms with van der Waals surface area (Å²) in [7, 11) is 2.07. The lowest BCUT2D eigenvalue weighted by Crippen LogP contribution is -2.22. The SMILES string of the molecule is Cc1nc(CN(C)C(C)c2sc(-c3ccccc3)nc2C)no1. The van der Waals surface area contributed by atoms with E-state index in [1.165, 1.54) is 4.88 Å². The maximum Gasteiger partial charge on any atom is 0.223 e. The van der Waals surface area contributed by atoms with Crippen LogP contribution < -0.4 is 0 Å². The molecule has 1 unspecified atom stereocenters. The van der Waals surface area contributed by atoms with E-state index in [-0.39, 0.29) is 6.04 Å². The zero-order chi connectivity index (χ0) is 16.4. The van der Waals surface area contributed by atoms with Crippen LogP contribution in [0.4, 0.5) is 0 Å². The average Bonchev–Trinajstić information content (AvgIpc) is 3.13. The lowest BCUT2D eigenvalue weighted by molar-refractivity contribution is 0.244. The molecule has 0 amide bonds. The molecule has 5 nitrogen and oxygen atoms in total. The first-order valence-electron chi connectivity index (χ1n) is 7.56. The van der Waals surface area contributed by atoms with Crippen LogP contribution in [0.15, 0.2) is 34.9 Å². The van der Waals surface area contributed by atoms with Gasteiger partial charge in [-0.25, -0.2) is 4.98 Å². The van der Waals surface area contributed by atoms with Gasteiger partial charge in [0.2, 0.25) is 5.89 Å². The minimum Gasteiger partial charge on any atom is -0.340 e. The Hall–Kier alpha value is -2.05. The molecule has 23 heavy (non-hydrogen) atoms. The fourth-order valence-corrected chi connectivity index (χ4v) is 3.65. The van der Waals surface area contributed by atoms with Crippen molar-refractivity contribution >= 4 is 11.3 Å². The quantitative estimate of drug-likeness (QED) is 0.708. The molecule has 2 heterocycles. The van der Waals surface area contributed by atoms with Gasteiger partial charge in [0, 0.05) is 23.4 Å². The zero-order valence-electron chi connectivity index (χ0n) is 13.8. The van der Waals surface area contributed by atoms with E-state index in [4.69, 9.17) is 9.51 Å². The molecule has 3 aromatic rings. The third-order valence-electron chi connectivity index (χ3n) is 3.85. The van der Waals surface area contributed by atoms with E-state index in [9.17, 15) is 0 Å². The third-order valence-corrected chi connectivity index (χ3v) is 5.23. The summed E-state index contributed by atoms with van der Waals surface area (Å²) in [6, 6.07) is 10.5. The molecule has 2 aromatic heterocycles. The maximum absolute atomic E-state index is 5.04. The summed E-state index contributed by atoms with van der Waals surface area (Å²) in [5.41, 5.74) is 2.24. The minimum absolute atomic E-state index is 0.240. The Morgan fingerprint density at radius 3 is 2.57 bits per heavy atom. The van der Waals surface area contributed by atoms with Crippen molar-refractivity contribution in [3.05, 3.63) is 52.6 Å². The van der Waals surface area contributed by atoms with Crippen molar-refractivity contribution in [2.45, 2.75) is 33.4 Å². The molecule has 3 rings (SSSR count). The number of nitrogens with zero attached hydrogens (tertiary/aromatic N) is 4. The van der Waals surface area contributed by atoms with Crippen LogP contribution in [0.1, 0.15) is 35.3 Å². The number of hydrogen-bond acceptors (Lipinski definition) is 6. The Bertz CT molecular complexity index is 781. The van der Waals surface area contributed by atoms with Crippen LogP contribution >= 0.6 is 11.3 Å². The van der Waals surface area contributed by atoms with Gasteiger partial charge in [0.1, 0.15) is 5.01 Å². The average molecular weight is 328 g/mol. The third kappa shape index (κ3) is 3.48. The molecule has 0 saturated heterocycles. The van der Waals surface area contributed by atoms with E-state index in [0.717, 1.165) is 16.3 Å². The van der Waals surface area contributed by atoms with Crippen molar-refractivity contribution in [1.29, 1.82) is 0 Å². The van der Waals surface area contributed by atoms with Gasteiger partial charge in [-0.15, -0.1) is 11.3 Å². The van der Waals surface area contributed by atoms with Gasteiger partial charge >= 0.3 is 0 Å². The standard InChI is InChI=1S/C17H20N4OS/c1-11-16(23-17(18-11)14-8-6-5-7-9-14)12(2)21(4)10-15-19-13(3)22-20-15/h5-9,12H,10H2,1-4H3. The first kappa shape index (κ1) is 15.8. The summed E-state index contributed by atoms with van der Waals surface area (Å²) >= 11 is 1.75. The Balaban J connectivity index is 1.79. The number of benzene rings is 1. The molecule has 0 aliphatic carbocycles. The Morgan fingerprint density at radius 2 is 1.91 bits per heavy atom. The first-order chi connectivity index (χ1) is 11.0. The van der Waals surface area contributed by atoms with Gasteiger partial charge in [0.05, 0.1) is 12.2 Å². The number of rotatable bonds is 5. The fraction of sp³-hybridized carbons (Fsp3) is 0.353. The van der Waals surface area contributed by atoms with Crippen molar-refractivity contribution in [3.63, 3.8) is 0 Å². The van der Waals surface area contributed by atoms with Gasteiger partial charge in [-0.1, -0.05) is 35.5 Å². The zero-order valence-corrected chi connectivity index (χ0v) is 14.6. The topological polar surface area (TPSA) is 55.1 Å². The summed E-state index contributed by atoms with van der Waals surface area (Å²) in [5, 5.41) is 5.03. The lowest BCUT2D eigenvalue weighted by Gasteiger charge is -2.22. The van der Waals surface area contributed by atoms with Gasteiger partial charge in [-0.05, 0) is 20.9 Å². The van der Waals surface area contributed by atoms with E-state index < -0.39 is 0 Å². The summed E-state index contributed by atoms with van der Waals surface area (Å²) in [5.74, 6) is 1.31. The molecule has 6 heteroatoms. The van der Waals surface area contributed by atoms with Crippen molar-refractivity contribution in [2.24, 2.45) is 0 Å². The molecule has 0 bridgehead atoms. The summed E-state index contributed by atoms with van der Waals surface area (Å²) in [4.78, 5) is 12.5. The van der Waals surface area contributed by atoms with E-state index >= 15 is 0 Å². The number of hydrogen-bond donors (Lipinski definition) is 0. The van der Waals surface area contributed by atoms with Gasteiger partial charge in [0.15, 0.2) is 5.82 Å². The molecular weight excluding hydrogens is 308 g/mol. The second kappa shape index (κ2) is 6.60. The molecule has 0 spiro atoms. The molecule has 0 aliphatic rings. The van der Waals surface area contributed by atoms with E-state index in [1.54, 1.807) is 18.3 Å². The van der Waals surface area contributed by atoms with Crippen LogP contribution in [0.5, 0.6) is 0 Å². The molecule has 0 fully saturated rings. The summed E-state index contributed by atoms with van der Waals surface area (Å²) in [6.07, 6.45) is 0. The smallest absolute Gasteiger partial charge is 0.223 e. The molecule has 1 aromatic carbocycles. The van der Waals surface area contributed by atoms with Crippen LogP contribution in [-0.4, -0.2) is 27.1 Å². The summed E-state index contributed by atoms with van der Waals surface area (Å²) in [6.45, 7) is 6.71. The highest BCUT2D eigenvalue weighted by Gasteiger charge is 2.20. The minimum atomic E-state index is 0.240. The van der Waals surface area contributed by atoms with E-state index in [2.05, 4.69) is 48.1 Å². The van der Waals surface area contributed by atoms with Gasteiger partial charge in [-0.2, -0.15) is 4.98 Å². The number of aryl methyl sites for hydroxylation is 2. The predicted molar refractivity (Wildman–Crippen MR) is 91.2 cm³/mol. The molecule has 0 radical (unpaired) electrons. The fourth-order valence-electron chi connectivity index (χ4n) is 2.47. The second-order valence-electron chi connectivity index (χ2n) is 5.66. The van der Waals surface area contributed by atoms with Crippen molar-refractivity contribution in [2.75, 3.05) is 7.05 Å². The van der Waals surface area contributed by atoms with E-state index in [0.29, 0.717) is 18.3 Å². The largest absolute Gasteiger partial charge is 0.340 e. The molecular formula is C17H20N4OS. The van der Waals surface area contributed by atoms with Gasteiger partial charge < -0.3 is 4.52 Å². The lowest BCUT2D eigenvalue weighted by atomic mass is 10.2. The molecule has 0 saturated carbocycles. The van der Waals surface area contributed by atoms with Crippen molar-refractivity contribution in [1.82, 2.24) is 20.0 Å². The van der Waals surface area contributed by atoms with Gasteiger partial charge in [-0.3, -0.25) is 4.90 Å². The highest BCUT2D eigenvalue weighted by atomic mass is 32.1. The predicted octanol–water partition coefficient (Wildman–Crippen LogP) is 4.00. The number of thiazole rings is 1. The molecule has 120 valence electrons. The highest BCUT2D eigenvalue weighted by molar-refractivity contribution is 7.15. The molecule has 0 aliphatic heterocycles. The van der Waals surface area contributed by atoms with Crippen LogP contribution in [0.2, 0.25) is 0 Å². The second-order valence-corrected chi connectivity index (χ2v) is 6.69. The van der Waals surface area contributed by atoms with Crippen LogP contribution in [0.25, 0.3) is 10.6 Å². The van der Waals surface area contributed by atoms with Crippen molar-refractivity contribution in [3.8, 4) is 10.6 Å². The Morgan fingerprint density at radius 1 is 1.17 bits per heavy atom. The van der Waals surface area contributed by atoms with Crippen LogP contribution in [0.3, 0.4) is 0 Å². The Labute approximate surface area is 140 Å². The van der Waals surface area contributed by atoms with Gasteiger partial charge in [0.25, 0.3) is 0 Å². The first-order valence-corrected chi connectivity index (χ1v) is 8.38. The Kier molecular flexibility index (Phi) is 4.54.